The number of likely N-dealkylation sites (tertiary alicyclic amines) is 1. The van der Waals surface area contributed by atoms with Gasteiger partial charge in [0.25, 0.3) is 0 Å². The van der Waals surface area contributed by atoms with Crippen molar-refractivity contribution in [2.45, 2.75) is 64.2 Å². The lowest BCUT2D eigenvalue weighted by Gasteiger charge is -2.39. The smallest absolute Gasteiger partial charge is 0.465 e. The Balaban J connectivity index is 1.60. The summed E-state index contributed by atoms with van der Waals surface area (Å²) >= 11 is 0. The summed E-state index contributed by atoms with van der Waals surface area (Å²) in [7, 11) is -0.251. The van der Waals surface area contributed by atoms with Gasteiger partial charge in [0.05, 0.1) is 11.2 Å². The Kier molecular flexibility index (Phi) is 4.70. The number of hydrogen-bond donors (Lipinski definition) is 1. The van der Waals surface area contributed by atoms with Crippen molar-refractivity contribution in [3.8, 4) is 0 Å². The fraction of sp³-hybridized carbons (Fsp3) is 0.824. The minimum atomic E-state index is -0.801. The van der Waals surface area contributed by atoms with Gasteiger partial charge in [-0.1, -0.05) is 6.08 Å². The van der Waals surface area contributed by atoms with Gasteiger partial charge in [-0.05, 0) is 52.4 Å². The summed E-state index contributed by atoms with van der Waals surface area (Å²) in [5, 5.41) is 9.20. The van der Waals surface area contributed by atoms with Crippen LogP contribution in [-0.4, -0.2) is 71.5 Å². The van der Waals surface area contributed by atoms with Crippen LogP contribution in [0.4, 0.5) is 4.79 Å². The van der Waals surface area contributed by atoms with E-state index in [0.717, 1.165) is 32.4 Å². The van der Waals surface area contributed by atoms with Crippen LogP contribution in [0.1, 0.15) is 47.0 Å². The maximum absolute atomic E-state index is 11.2. The van der Waals surface area contributed by atoms with Gasteiger partial charge in [0.2, 0.25) is 0 Å². The number of nitrogens with zero attached hydrogens (tertiary/aromatic N) is 2. The molecule has 0 aromatic heterocycles. The number of amides is 1. The predicted octanol–water partition coefficient (Wildman–Crippen LogP) is 2.39. The summed E-state index contributed by atoms with van der Waals surface area (Å²) in [6, 6.07) is 0.325. The molecule has 0 saturated carbocycles. The molecule has 6 nitrogen and oxygen atoms in total. The van der Waals surface area contributed by atoms with Gasteiger partial charge in [-0.3, -0.25) is 4.90 Å². The number of rotatable bonds is 2. The third kappa shape index (κ3) is 3.34. The van der Waals surface area contributed by atoms with E-state index < -0.39 is 6.09 Å². The van der Waals surface area contributed by atoms with Crippen molar-refractivity contribution in [3.05, 3.63) is 11.5 Å². The first kappa shape index (κ1) is 17.8. The van der Waals surface area contributed by atoms with Gasteiger partial charge in [0.1, 0.15) is 0 Å². The van der Waals surface area contributed by atoms with Gasteiger partial charge in [-0.25, -0.2) is 4.79 Å². The van der Waals surface area contributed by atoms with E-state index in [0.29, 0.717) is 19.1 Å². The van der Waals surface area contributed by atoms with E-state index in [-0.39, 0.29) is 18.3 Å². The van der Waals surface area contributed by atoms with Crippen LogP contribution in [0.2, 0.25) is 0 Å². The Morgan fingerprint density at radius 3 is 2.46 bits per heavy atom. The van der Waals surface area contributed by atoms with Gasteiger partial charge >= 0.3 is 13.2 Å². The van der Waals surface area contributed by atoms with Crippen LogP contribution in [-0.2, 0) is 9.31 Å². The van der Waals surface area contributed by atoms with Gasteiger partial charge < -0.3 is 19.3 Å². The van der Waals surface area contributed by atoms with Gasteiger partial charge in [0, 0.05) is 32.2 Å². The zero-order valence-corrected chi connectivity index (χ0v) is 15.2. The third-order valence-corrected chi connectivity index (χ3v) is 6.02. The number of hydrogen-bond acceptors (Lipinski definition) is 4. The molecular weight excluding hydrogens is 307 g/mol. The summed E-state index contributed by atoms with van der Waals surface area (Å²) in [6.07, 6.45) is 4.35. The summed E-state index contributed by atoms with van der Waals surface area (Å²) in [5.74, 6) is 0. The van der Waals surface area contributed by atoms with Crippen molar-refractivity contribution < 1.29 is 19.2 Å². The first-order valence-corrected chi connectivity index (χ1v) is 8.96. The van der Waals surface area contributed by atoms with Gasteiger partial charge in [-0.15, -0.1) is 0 Å². The van der Waals surface area contributed by atoms with Crippen molar-refractivity contribution >= 4 is 13.2 Å². The fourth-order valence-corrected chi connectivity index (χ4v) is 3.67. The van der Waals surface area contributed by atoms with Crippen molar-refractivity contribution in [1.29, 1.82) is 0 Å². The lowest BCUT2D eigenvalue weighted by atomic mass is 9.74. The molecule has 0 bridgehead atoms. The summed E-state index contributed by atoms with van der Waals surface area (Å²) in [4.78, 5) is 15.1. The molecule has 2 fully saturated rings. The molecule has 0 spiro atoms. The second-order valence-electron chi connectivity index (χ2n) is 8.14. The quantitative estimate of drug-likeness (QED) is 0.785. The average molecular weight is 336 g/mol. The molecule has 0 aliphatic carbocycles. The maximum Gasteiger partial charge on any atom is 0.490 e. The summed E-state index contributed by atoms with van der Waals surface area (Å²) in [6.45, 7) is 11.4. The standard InChI is InChI=1S/C17H29BN2O4/c1-16(2)17(3,4)24-18(23-16)13-7-10-19(11-8-13)14-6-5-9-20(12-14)15(21)22/h7,14H,5-6,8-12H2,1-4H3,(H,21,22)/t14-/m0/s1. The van der Waals surface area contributed by atoms with Crippen molar-refractivity contribution in [2.24, 2.45) is 0 Å². The molecule has 3 heterocycles. The molecule has 1 amide bonds. The van der Waals surface area contributed by atoms with E-state index in [1.165, 1.54) is 5.47 Å². The van der Waals surface area contributed by atoms with E-state index in [2.05, 4.69) is 38.7 Å². The van der Waals surface area contributed by atoms with Crippen molar-refractivity contribution in [1.82, 2.24) is 9.80 Å². The maximum atomic E-state index is 11.2. The predicted molar refractivity (Wildman–Crippen MR) is 93.0 cm³/mol. The molecule has 2 saturated heterocycles. The van der Waals surface area contributed by atoms with Gasteiger partial charge in [0.15, 0.2) is 0 Å². The summed E-state index contributed by atoms with van der Waals surface area (Å²) < 4.78 is 12.3. The van der Waals surface area contributed by atoms with Crippen LogP contribution in [0.3, 0.4) is 0 Å². The molecule has 3 aliphatic rings. The van der Waals surface area contributed by atoms with Crippen LogP contribution >= 0.6 is 0 Å². The second kappa shape index (κ2) is 6.35. The zero-order chi connectivity index (χ0) is 17.5. The largest absolute Gasteiger partial charge is 0.490 e. The second-order valence-corrected chi connectivity index (χ2v) is 8.14. The molecule has 1 atom stereocenters. The number of carboxylic acid groups (broad SMARTS) is 1. The van der Waals surface area contributed by atoms with Crippen LogP contribution in [0.5, 0.6) is 0 Å². The lowest BCUT2D eigenvalue weighted by molar-refractivity contribution is 0.00578. The van der Waals surface area contributed by atoms with E-state index in [9.17, 15) is 9.90 Å². The Hall–Kier alpha value is -1.05. The van der Waals surface area contributed by atoms with E-state index >= 15 is 0 Å². The molecule has 24 heavy (non-hydrogen) atoms. The van der Waals surface area contributed by atoms with Crippen LogP contribution in [0.25, 0.3) is 0 Å². The zero-order valence-electron chi connectivity index (χ0n) is 15.2. The van der Waals surface area contributed by atoms with Crippen LogP contribution in [0, 0.1) is 0 Å². The minimum absolute atomic E-state index is 0.251. The molecule has 0 aromatic carbocycles. The van der Waals surface area contributed by atoms with E-state index in [1.807, 2.05) is 0 Å². The molecule has 0 unspecified atom stereocenters. The van der Waals surface area contributed by atoms with Crippen molar-refractivity contribution in [2.75, 3.05) is 26.2 Å². The fourth-order valence-electron chi connectivity index (χ4n) is 3.67. The Bertz CT molecular complexity index is 519. The minimum Gasteiger partial charge on any atom is -0.465 e. The number of carbonyl (C=O) groups is 1. The van der Waals surface area contributed by atoms with Gasteiger partial charge in [-0.2, -0.15) is 0 Å². The highest BCUT2D eigenvalue weighted by Crippen LogP contribution is 2.39. The summed E-state index contributed by atoms with van der Waals surface area (Å²) in [5.41, 5.74) is 0.609. The molecule has 7 heteroatoms. The highest BCUT2D eigenvalue weighted by molar-refractivity contribution is 6.54. The first-order valence-electron chi connectivity index (χ1n) is 8.96. The van der Waals surface area contributed by atoms with Crippen molar-refractivity contribution in [3.63, 3.8) is 0 Å². The monoisotopic (exact) mass is 336 g/mol. The van der Waals surface area contributed by atoms with E-state index in [1.54, 1.807) is 4.90 Å². The molecular formula is C17H29BN2O4. The highest BCUT2D eigenvalue weighted by Gasteiger charge is 2.52. The molecule has 1 N–H and O–H groups in total. The third-order valence-electron chi connectivity index (χ3n) is 6.02. The SMILES string of the molecule is CC1(C)OB(C2=CCN([C@H]3CCCN(C(=O)O)C3)CC2)OC1(C)C. The number of piperidine rings is 1. The molecule has 3 aliphatic heterocycles. The Morgan fingerprint density at radius 2 is 1.92 bits per heavy atom. The first-order chi connectivity index (χ1) is 11.2. The lowest BCUT2D eigenvalue weighted by Crippen LogP contribution is -2.51. The Labute approximate surface area is 144 Å². The van der Waals surface area contributed by atoms with E-state index in [4.69, 9.17) is 9.31 Å². The van der Waals surface area contributed by atoms with Crippen LogP contribution < -0.4 is 0 Å². The normalized spacial score (nSPS) is 30.3. The molecule has 134 valence electrons. The molecule has 0 aromatic rings. The highest BCUT2D eigenvalue weighted by atomic mass is 16.7. The topological polar surface area (TPSA) is 62.2 Å². The molecule has 3 rings (SSSR count). The Morgan fingerprint density at radius 1 is 1.25 bits per heavy atom. The van der Waals surface area contributed by atoms with Crippen LogP contribution in [0.15, 0.2) is 11.5 Å². The molecule has 0 radical (unpaired) electrons. The average Bonchev–Trinajstić information content (AvgIpc) is 2.76.